The molecule has 1 aromatic rings. The van der Waals surface area contributed by atoms with Gasteiger partial charge in [-0.2, -0.15) is 13.2 Å². The van der Waals surface area contributed by atoms with Crippen LogP contribution in [-0.2, 0) is 19.1 Å². The van der Waals surface area contributed by atoms with Gasteiger partial charge in [-0.25, -0.2) is 0 Å². The molecule has 0 aliphatic rings. The van der Waals surface area contributed by atoms with Gasteiger partial charge in [0.05, 0.1) is 12.5 Å². The summed E-state index contributed by atoms with van der Waals surface area (Å²) in [4.78, 5) is 34.1. The van der Waals surface area contributed by atoms with Crippen LogP contribution in [0.2, 0.25) is 0 Å². The molecule has 0 heterocycles. The Morgan fingerprint density at radius 1 is 1.17 bits per heavy atom. The second kappa shape index (κ2) is 8.90. The fourth-order valence-corrected chi connectivity index (χ4v) is 1.80. The van der Waals surface area contributed by atoms with Crippen molar-refractivity contribution in [3.8, 4) is 0 Å². The van der Waals surface area contributed by atoms with E-state index in [2.05, 4.69) is 10.1 Å². The Morgan fingerprint density at radius 2 is 1.79 bits per heavy atom. The summed E-state index contributed by atoms with van der Waals surface area (Å²) >= 11 is 0. The van der Waals surface area contributed by atoms with Crippen molar-refractivity contribution in [2.45, 2.75) is 25.6 Å². The van der Waals surface area contributed by atoms with Crippen molar-refractivity contribution in [1.29, 1.82) is 0 Å². The van der Waals surface area contributed by atoms with E-state index in [1.165, 1.54) is 6.92 Å². The van der Waals surface area contributed by atoms with Crippen LogP contribution in [0.25, 0.3) is 0 Å². The maximum atomic E-state index is 11.9. The van der Waals surface area contributed by atoms with Gasteiger partial charge in [0.25, 0.3) is 5.91 Å². The summed E-state index contributed by atoms with van der Waals surface area (Å²) in [6.45, 7) is -1.04. The average Bonchev–Trinajstić information content (AvgIpc) is 2.50. The third kappa shape index (κ3) is 8.16. The highest BCUT2D eigenvalue weighted by Crippen LogP contribution is 2.17. The van der Waals surface area contributed by atoms with Gasteiger partial charge >= 0.3 is 12.1 Å². The fourth-order valence-electron chi connectivity index (χ4n) is 1.80. The van der Waals surface area contributed by atoms with E-state index in [-0.39, 0.29) is 12.3 Å². The largest absolute Gasteiger partial charge is 0.456 e. The van der Waals surface area contributed by atoms with Gasteiger partial charge < -0.3 is 15.4 Å². The Bertz CT molecular complexity index is 576. The van der Waals surface area contributed by atoms with Crippen LogP contribution in [0.1, 0.15) is 24.9 Å². The van der Waals surface area contributed by atoms with Gasteiger partial charge in [-0.05, 0) is 5.56 Å². The standard InChI is InChI=1S/C15H17F3N2O4/c1-10(21)20-12(11-5-3-2-4-6-11)7-14(23)24-8-13(22)19-9-15(16,17)18/h2-6,12H,7-9H2,1H3,(H,19,22)(H,20,21)/t12-/m1/s1. The lowest BCUT2D eigenvalue weighted by atomic mass is 10.0. The van der Waals surface area contributed by atoms with Crippen molar-refractivity contribution in [2.75, 3.05) is 13.2 Å². The fraction of sp³-hybridized carbons (Fsp3) is 0.400. The zero-order valence-electron chi connectivity index (χ0n) is 12.9. The summed E-state index contributed by atoms with van der Waals surface area (Å²) in [6.07, 6.45) is -4.79. The van der Waals surface area contributed by atoms with Gasteiger partial charge in [-0.1, -0.05) is 30.3 Å². The van der Waals surface area contributed by atoms with Crippen LogP contribution < -0.4 is 10.6 Å². The molecule has 0 bridgehead atoms. The van der Waals surface area contributed by atoms with Gasteiger partial charge in [0.2, 0.25) is 5.91 Å². The molecular weight excluding hydrogens is 329 g/mol. The Hall–Kier alpha value is -2.58. The number of hydrogen-bond donors (Lipinski definition) is 2. The normalized spacial score (nSPS) is 12.2. The highest BCUT2D eigenvalue weighted by Gasteiger charge is 2.28. The Kier molecular flexibility index (Phi) is 7.22. The van der Waals surface area contributed by atoms with Gasteiger partial charge in [-0.3, -0.25) is 14.4 Å². The molecule has 2 N–H and O–H groups in total. The SMILES string of the molecule is CC(=O)N[C@H](CC(=O)OCC(=O)NCC(F)(F)F)c1ccccc1. The molecule has 1 rings (SSSR count). The maximum absolute atomic E-state index is 11.9. The molecule has 0 saturated heterocycles. The van der Waals surface area contributed by atoms with E-state index >= 15 is 0 Å². The van der Waals surface area contributed by atoms with Crippen molar-refractivity contribution < 1.29 is 32.3 Å². The minimum Gasteiger partial charge on any atom is -0.456 e. The number of carbonyl (C=O) groups is 3. The lowest BCUT2D eigenvalue weighted by molar-refractivity contribution is -0.151. The summed E-state index contributed by atoms with van der Waals surface area (Å²) in [6, 6.07) is 7.94. The summed E-state index contributed by atoms with van der Waals surface area (Å²) in [7, 11) is 0. The molecule has 132 valence electrons. The molecule has 2 amide bonds. The van der Waals surface area contributed by atoms with E-state index in [9.17, 15) is 27.6 Å². The number of carbonyl (C=O) groups excluding carboxylic acids is 3. The minimum atomic E-state index is -4.54. The maximum Gasteiger partial charge on any atom is 0.405 e. The number of hydrogen-bond acceptors (Lipinski definition) is 4. The zero-order chi connectivity index (χ0) is 18.2. The van der Waals surface area contributed by atoms with Crippen LogP contribution in [0.15, 0.2) is 30.3 Å². The first-order chi connectivity index (χ1) is 11.2. The highest BCUT2D eigenvalue weighted by molar-refractivity contribution is 5.81. The third-order valence-corrected chi connectivity index (χ3v) is 2.80. The van der Waals surface area contributed by atoms with E-state index in [4.69, 9.17) is 0 Å². The lowest BCUT2D eigenvalue weighted by Gasteiger charge is -2.17. The second-order valence-electron chi connectivity index (χ2n) is 4.92. The quantitative estimate of drug-likeness (QED) is 0.733. The van der Waals surface area contributed by atoms with Crippen molar-refractivity contribution >= 4 is 17.8 Å². The van der Waals surface area contributed by atoms with Crippen LogP contribution in [-0.4, -0.2) is 37.1 Å². The smallest absolute Gasteiger partial charge is 0.405 e. The van der Waals surface area contributed by atoms with Crippen LogP contribution in [0, 0.1) is 0 Å². The van der Waals surface area contributed by atoms with Crippen LogP contribution in [0.4, 0.5) is 13.2 Å². The number of benzene rings is 1. The number of esters is 1. The van der Waals surface area contributed by atoms with Gasteiger partial charge in [0, 0.05) is 6.92 Å². The average molecular weight is 346 g/mol. The molecule has 1 aromatic carbocycles. The number of nitrogens with one attached hydrogen (secondary N) is 2. The van der Waals surface area contributed by atoms with E-state index in [0.29, 0.717) is 5.56 Å². The molecule has 0 aliphatic heterocycles. The Morgan fingerprint density at radius 3 is 2.33 bits per heavy atom. The number of ether oxygens (including phenoxy) is 1. The van der Waals surface area contributed by atoms with Crippen molar-refractivity contribution in [1.82, 2.24) is 10.6 Å². The second-order valence-corrected chi connectivity index (χ2v) is 4.92. The minimum absolute atomic E-state index is 0.254. The molecule has 6 nitrogen and oxygen atoms in total. The van der Waals surface area contributed by atoms with E-state index in [1.807, 2.05) is 0 Å². The third-order valence-electron chi connectivity index (χ3n) is 2.80. The summed E-state index contributed by atoms with van der Waals surface area (Å²) in [5.74, 6) is -2.24. The molecule has 1 atom stereocenters. The number of amides is 2. The molecule has 0 radical (unpaired) electrons. The molecule has 24 heavy (non-hydrogen) atoms. The molecule has 0 aromatic heterocycles. The molecule has 0 saturated carbocycles. The Labute approximate surface area is 136 Å². The predicted molar refractivity (Wildman–Crippen MR) is 77.6 cm³/mol. The number of halogens is 3. The molecule has 0 aliphatic carbocycles. The van der Waals surface area contributed by atoms with Gasteiger partial charge in [0.15, 0.2) is 6.61 Å². The first kappa shape index (κ1) is 19.5. The Balaban J connectivity index is 2.51. The highest BCUT2D eigenvalue weighted by atomic mass is 19.4. The summed E-state index contributed by atoms with van der Waals surface area (Å²) < 4.78 is 40.4. The number of rotatable bonds is 7. The molecule has 9 heteroatoms. The van der Waals surface area contributed by atoms with Crippen LogP contribution >= 0.6 is 0 Å². The van der Waals surface area contributed by atoms with Gasteiger partial charge in [0.1, 0.15) is 6.54 Å². The first-order valence-electron chi connectivity index (χ1n) is 6.98. The molecule has 0 fully saturated rings. The monoisotopic (exact) mass is 346 g/mol. The first-order valence-corrected chi connectivity index (χ1v) is 6.98. The van der Waals surface area contributed by atoms with Crippen LogP contribution in [0.5, 0.6) is 0 Å². The summed E-state index contributed by atoms with van der Waals surface area (Å²) in [5, 5.41) is 4.15. The lowest BCUT2D eigenvalue weighted by Crippen LogP contribution is -2.36. The molecule has 0 spiro atoms. The van der Waals surface area contributed by atoms with Crippen molar-refractivity contribution in [3.63, 3.8) is 0 Å². The zero-order valence-corrected chi connectivity index (χ0v) is 12.9. The van der Waals surface area contributed by atoms with Crippen LogP contribution in [0.3, 0.4) is 0 Å². The molecular formula is C15H17F3N2O4. The molecule has 0 unspecified atom stereocenters. The van der Waals surface area contributed by atoms with E-state index < -0.39 is 37.2 Å². The topological polar surface area (TPSA) is 84.5 Å². The van der Waals surface area contributed by atoms with E-state index in [0.717, 1.165) is 0 Å². The summed E-state index contributed by atoms with van der Waals surface area (Å²) in [5.41, 5.74) is 0.658. The van der Waals surface area contributed by atoms with Crippen molar-refractivity contribution in [2.24, 2.45) is 0 Å². The number of alkyl halides is 3. The predicted octanol–water partition coefficient (Wildman–Crippen LogP) is 1.48. The van der Waals surface area contributed by atoms with Gasteiger partial charge in [-0.15, -0.1) is 0 Å². The van der Waals surface area contributed by atoms with E-state index in [1.54, 1.807) is 35.6 Å². The van der Waals surface area contributed by atoms with Crippen molar-refractivity contribution in [3.05, 3.63) is 35.9 Å².